The summed E-state index contributed by atoms with van der Waals surface area (Å²) < 4.78 is 2.05. The molecule has 1 aliphatic carbocycles. The topological polar surface area (TPSA) is 220 Å². The Balaban J connectivity index is 0.000000170. The Kier molecular flexibility index (Phi) is 21.3. The number of carbonyl (C=O) groups excluding carboxylic acids is 4. The van der Waals surface area contributed by atoms with Gasteiger partial charge in [0.05, 0.1) is 0 Å². The molecule has 0 saturated heterocycles. The van der Waals surface area contributed by atoms with Crippen LogP contribution in [0.25, 0.3) is 0 Å². The minimum absolute atomic E-state index is 0. The van der Waals surface area contributed by atoms with Crippen LogP contribution in [0.3, 0.4) is 0 Å². The van der Waals surface area contributed by atoms with E-state index >= 15 is 0 Å². The molecule has 0 bridgehead atoms. The normalized spacial score (nSPS) is 15.6. The lowest BCUT2D eigenvalue weighted by Crippen LogP contribution is -2.33. The van der Waals surface area contributed by atoms with Gasteiger partial charge in [0.15, 0.2) is 11.6 Å². The molecule has 3 aromatic heterocycles. The summed E-state index contributed by atoms with van der Waals surface area (Å²) in [6.07, 6.45) is 11.3. The summed E-state index contributed by atoms with van der Waals surface area (Å²) in [7, 11) is 0. The Morgan fingerprint density at radius 3 is 1.56 bits per heavy atom. The second-order valence-corrected chi connectivity index (χ2v) is 18.6. The zero-order valence-corrected chi connectivity index (χ0v) is 42.6. The lowest BCUT2D eigenvalue weighted by atomic mass is 9.91. The second kappa shape index (κ2) is 27.4. The van der Waals surface area contributed by atoms with Crippen LogP contribution in [0.4, 0.5) is 28.8 Å². The summed E-state index contributed by atoms with van der Waals surface area (Å²) in [5.41, 5.74) is 13.6. The highest BCUT2D eigenvalue weighted by Crippen LogP contribution is 2.34. The van der Waals surface area contributed by atoms with E-state index in [1.165, 1.54) is 24.5 Å². The zero-order valence-electron chi connectivity index (χ0n) is 38.7. The number of Topliss-reactive ketones (excluding diaryl/α,β-unsaturated/α-hetero) is 2. The SMILES string of the molecule is C.CC1CC(=O)c2ccc(Br)cc21.CC1CNC(=O)c2ccc(Nc3ccncn3)cc21.CC1CNC(=O)c2ccc(Nc3ccncn3)cc21.Nc1ccncn1.O=C(CCCCl)c1ccc(Br)cc1. The van der Waals surface area contributed by atoms with Crippen LogP contribution in [-0.4, -0.2) is 72.3 Å². The zero-order chi connectivity index (χ0) is 50.0. The smallest absolute Gasteiger partial charge is 0.251 e. The monoisotopic (exact) mass is 1100 g/mol. The molecule has 3 atom stereocenters. The van der Waals surface area contributed by atoms with Crippen molar-refractivity contribution in [1.82, 2.24) is 40.5 Å². The van der Waals surface area contributed by atoms with E-state index in [4.69, 9.17) is 17.3 Å². The number of benzene rings is 4. The fourth-order valence-corrected chi connectivity index (χ4v) is 8.22. The van der Waals surface area contributed by atoms with Crippen LogP contribution in [0.2, 0.25) is 0 Å². The number of nitrogens with zero attached hydrogens (tertiary/aromatic N) is 6. The molecular weight excluding hydrogens is 1050 g/mol. The lowest BCUT2D eigenvalue weighted by molar-refractivity contribution is 0.0933. The van der Waals surface area contributed by atoms with Crippen LogP contribution < -0.4 is 27.0 Å². The third-order valence-electron chi connectivity index (χ3n) is 11.1. The molecule has 18 heteroatoms. The van der Waals surface area contributed by atoms with Gasteiger partial charge in [0.2, 0.25) is 0 Å². The Morgan fingerprint density at radius 2 is 1.11 bits per heavy atom. The molecule has 3 unspecified atom stereocenters. The second-order valence-electron chi connectivity index (χ2n) is 16.4. The Hall–Kier alpha value is -6.95. The highest BCUT2D eigenvalue weighted by atomic mass is 79.9. The first kappa shape index (κ1) is 55.0. The van der Waals surface area contributed by atoms with Crippen LogP contribution >= 0.6 is 43.5 Å². The number of nitrogen functional groups attached to an aromatic ring is 1. The molecular formula is C53H56Br2ClN11O4. The first-order valence-corrected chi connectivity index (χ1v) is 24.5. The van der Waals surface area contributed by atoms with E-state index in [-0.39, 0.29) is 30.8 Å². The fourth-order valence-electron chi connectivity index (χ4n) is 7.44. The first-order chi connectivity index (χ1) is 33.8. The van der Waals surface area contributed by atoms with Gasteiger partial charge in [-0.1, -0.05) is 78.3 Å². The molecule has 10 rings (SSSR count). The number of halogens is 3. The minimum Gasteiger partial charge on any atom is -0.384 e. The van der Waals surface area contributed by atoms with Crippen molar-refractivity contribution < 1.29 is 19.2 Å². The van der Waals surface area contributed by atoms with E-state index in [1.807, 2.05) is 78.9 Å². The number of hydrogen-bond acceptors (Lipinski definition) is 13. The average molecular weight is 1110 g/mol. The van der Waals surface area contributed by atoms with Crippen molar-refractivity contribution in [2.45, 2.75) is 65.2 Å². The number of hydrogen-bond donors (Lipinski definition) is 5. The molecule has 15 nitrogen and oxygen atoms in total. The lowest BCUT2D eigenvalue weighted by Gasteiger charge is -2.23. The Labute approximate surface area is 436 Å². The van der Waals surface area contributed by atoms with Crippen molar-refractivity contribution in [3.05, 3.63) is 183 Å². The van der Waals surface area contributed by atoms with Crippen molar-refractivity contribution >= 4 is 95.7 Å². The highest BCUT2D eigenvalue weighted by Gasteiger charge is 2.26. The van der Waals surface area contributed by atoms with Crippen LogP contribution in [0, 0.1) is 0 Å². The van der Waals surface area contributed by atoms with Gasteiger partial charge in [-0.25, -0.2) is 29.9 Å². The van der Waals surface area contributed by atoms with Crippen LogP contribution in [0.1, 0.15) is 123 Å². The van der Waals surface area contributed by atoms with Crippen molar-refractivity contribution in [2.24, 2.45) is 0 Å². The molecule has 0 fully saturated rings. The third-order valence-corrected chi connectivity index (χ3v) is 12.4. The van der Waals surface area contributed by atoms with Gasteiger partial charge in [0.25, 0.3) is 11.8 Å². The molecule has 4 aromatic carbocycles. The molecule has 5 heterocycles. The van der Waals surface area contributed by atoms with E-state index < -0.39 is 0 Å². The van der Waals surface area contributed by atoms with Crippen LogP contribution in [0.15, 0.2) is 144 Å². The summed E-state index contributed by atoms with van der Waals surface area (Å²) >= 11 is 12.2. The van der Waals surface area contributed by atoms with Crippen LogP contribution in [0.5, 0.6) is 0 Å². The molecule has 6 N–H and O–H groups in total. The summed E-state index contributed by atoms with van der Waals surface area (Å²) in [5, 5.41) is 12.2. The quantitative estimate of drug-likeness (QED) is 0.0707. The van der Waals surface area contributed by atoms with Crippen molar-refractivity contribution in [3.63, 3.8) is 0 Å². The number of carbonyl (C=O) groups is 4. The van der Waals surface area contributed by atoms with Gasteiger partial charge in [-0.3, -0.25) is 19.2 Å². The molecule has 2 amide bonds. The molecule has 0 saturated carbocycles. The molecule has 0 spiro atoms. The summed E-state index contributed by atoms with van der Waals surface area (Å²) in [6, 6.07) is 30.0. The summed E-state index contributed by atoms with van der Waals surface area (Å²) in [6.45, 7) is 7.67. The van der Waals surface area contributed by atoms with Gasteiger partial charge in [0, 0.05) is 93.0 Å². The van der Waals surface area contributed by atoms with Gasteiger partial charge in [-0.2, -0.15) is 0 Å². The van der Waals surface area contributed by atoms with Gasteiger partial charge in [-0.05, 0) is 120 Å². The maximum absolute atomic E-state index is 11.7. The van der Waals surface area contributed by atoms with Crippen molar-refractivity contribution in [2.75, 3.05) is 35.3 Å². The predicted molar refractivity (Wildman–Crippen MR) is 288 cm³/mol. The Morgan fingerprint density at radius 1 is 0.634 bits per heavy atom. The summed E-state index contributed by atoms with van der Waals surface area (Å²) in [5.74, 6) is 4.01. The molecule has 71 heavy (non-hydrogen) atoms. The van der Waals surface area contributed by atoms with Gasteiger partial charge >= 0.3 is 0 Å². The summed E-state index contributed by atoms with van der Waals surface area (Å²) in [4.78, 5) is 69.6. The number of rotatable bonds is 8. The van der Waals surface area contributed by atoms with Gasteiger partial charge < -0.3 is 27.0 Å². The van der Waals surface area contributed by atoms with E-state index in [1.54, 1.807) is 36.8 Å². The minimum atomic E-state index is 0. The van der Waals surface area contributed by atoms with Gasteiger partial charge in [0.1, 0.15) is 36.4 Å². The maximum atomic E-state index is 11.7. The average Bonchev–Trinajstić information content (AvgIpc) is 3.66. The maximum Gasteiger partial charge on any atom is 0.251 e. The largest absolute Gasteiger partial charge is 0.384 e. The number of nitrogens with two attached hydrogens (primary N) is 1. The van der Waals surface area contributed by atoms with E-state index in [2.05, 4.69) is 104 Å². The number of aromatic nitrogens is 6. The number of nitrogens with one attached hydrogen (secondary N) is 4. The van der Waals surface area contributed by atoms with Gasteiger partial charge in [-0.15, -0.1) is 11.6 Å². The fraction of sp³-hybridized carbons (Fsp3) is 0.245. The number of anilines is 5. The third kappa shape index (κ3) is 16.3. The number of amides is 2. The first-order valence-electron chi connectivity index (χ1n) is 22.4. The molecule has 3 aliphatic rings. The molecule has 7 aromatic rings. The molecule has 0 radical (unpaired) electrons. The molecule has 2 aliphatic heterocycles. The highest BCUT2D eigenvalue weighted by molar-refractivity contribution is 9.10. The number of alkyl halides is 1. The predicted octanol–water partition coefficient (Wildman–Crippen LogP) is 11.6. The Bertz CT molecular complexity index is 2760. The van der Waals surface area contributed by atoms with Crippen LogP contribution in [-0.2, 0) is 0 Å². The number of fused-ring (bicyclic) bond motifs is 3. The van der Waals surface area contributed by atoms with Crippen molar-refractivity contribution in [3.8, 4) is 0 Å². The van der Waals surface area contributed by atoms with E-state index in [0.717, 1.165) is 71.8 Å². The number of ketones is 2. The van der Waals surface area contributed by atoms with E-state index in [0.29, 0.717) is 55.4 Å². The molecule has 368 valence electrons. The van der Waals surface area contributed by atoms with Crippen molar-refractivity contribution in [1.29, 1.82) is 0 Å². The standard InChI is InChI=1S/2C14H14N4O.C10H10BrClO.C10H9BrO.C4H5N3.CH4/c2*1-9-7-16-14(19)11-3-2-10(6-12(9)11)18-13-4-5-15-8-17-13;11-9-5-3-8(4-6-9)10(13)2-1-7-12;1-6-4-10(12)8-3-2-7(11)5-9(6)8;5-4-1-2-6-3-7-4;/h2*2-6,8-9H,7H2,1H3,(H,16,19)(H,15,17,18);3-6H,1-2,7H2;2-3,5-6H,4H2,1H3;1-3H,(H2,5,6,7);1H4. The van der Waals surface area contributed by atoms with E-state index in [9.17, 15) is 19.2 Å².